The molecule has 1 aromatic carbocycles. The van der Waals surface area contributed by atoms with E-state index in [1.54, 1.807) is 33.1 Å². The fourth-order valence-electron chi connectivity index (χ4n) is 2.74. The molecule has 3 aromatic rings. The largest absolute Gasteiger partial charge is 0.497 e. The first-order chi connectivity index (χ1) is 12.1. The lowest BCUT2D eigenvalue weighted by Gasteiger charge is -2.15. The lowest BCUT2D eigenvalue weighted by molar-refractivity contribution is 0.373. The minimum Gasteiger partial charge on any atom is -0.497 e. The Labute approximate surface area is 150 Å². The predicted octanol–water partition coefficient (Wildman–Crippen LogP) is 3.89. The van der Waals surface area contributed by atoms with Gasteiger partial charge in [0.15, 0.2) is 5.16 Å². The number of pyridine rings is 1. The van der Waals surface area contributed by atoms with Crippen LogP contribution in [0, 0.1) is 13.8 Å². The standard InChI is InChI=1S/C18H21N3O3S/c1-10-15(19-17(24-5)11(2)16(10)23-4)9-25-18-20-13-7-6-12(22-3)8-14(13)21-18/h6-8H,9H2,1-5H3,(H,20,21). The third-order valence-electron chi connectivity index (χ3n) is 4.08. The van der Waals surface area contributed by atoms with Crippen molar-refractivity contribution in [1.82, 2.24) is 15.0 Å². The van der Waals surface area contributed by atoms with Gasteiger partial charge in [0.05, 0.1) is 43.6 Å². The molecule has 1 N–H and O–H groups in total. The number of H-pyrrole nitrogens is 1. The van der Waals surface area contributed by atoms with Gasteiger partial charge in [0, 0.05) is 17.4 Å². The molecule has 132 valence electrons. The zero-order chi connectivity index (χ0) is 18.0. The summed E-state index contributed by atoms with van der Waals surface area (Å²) < 4.78 is 16.1. The van der Waals surface area contributed by atoms with Crippen LogP contribution in [-0.2, 0) is 5.75 Å². The van der Waals surface area contributed by atoms with Crippen molar-refractivity contribution in [2.45, 2.75) is 24.8 Å². The second-order valence-corrected chi connectivity index (χ2v) is 6.53. The van der Waals surface area contributed by atoms with Crippen LogP contribution in [0.25, 0.3) is 11.0 Å². The van der Waals surface area contributed by atoms with Gasteiger partial charge in [-0.25, -0.2) is 9.97 Å². The van der Waals surface area contributed by atoms with Gasteiger partial charge in [-0.2, -0.15) is 0 Å². The number of benzene rings is 1. The number of nitrogens with zero attached hydrogens (tertiary/aromatic N) is 2. The molecule has 0 aliphatic rings. The molecular weight excluding hydrogens is 338 g/mol. The maximum Gasteiger partial charge on any atom is 0.220 e. The van der Waals surface area contributed by atoms with E-state index in [1.807, 2.05) is 32.0 Å². The van der Waals surface area contributed by atoms with Gasteiger partial charge in [-0.05, 0) is 26.0 Å². The summed E-state index contributed by atoms with van der Waals surface area (Å²) >= 11 is 1.59. The zero-order valence-corrected chi connectivity index (χ0v) is 15.8. The predicted molar refractivity (Wildman–Crippen MR) is 99.0 cm³/mol. The van der Waals surface area contributed by atoms with E-state index in [4.69, 9.17) is 14.2 Å². The van der Waals surface area contributed by atoms with E-state index >= 15 is 0 Å². The number of hydrogen-bond donors (Lipinski definition) is 1. The first kappa shape index (κ1) is 17.4. The zero-order valence-electron chi connectivity index (χ0n) is 15.0. The maximum atomic E-state index is 5.52. The third kappa shape index (κ3) is 3.37. The number of aromatic nitrogens is 3. The molecular formula is C18H21N3O3S. The third-order valence-corrected chi connectivity index (χ3v) is 4.97. The lowest BCUT2D eigenvalue weighted by atomic mass is 10.1. The molecule has 0 aliphatic carbocycles. The summed E-state index contributed by atoms with van der Waals surface area (Å²) in [6.07, 6.45) is 0. The maximum absolute atomic E-state index is 5.52. The van der Waals surface area contributed by atoms with Crippen molar-refractivity contribution in [3.63, 3.8) is 0 Å². The quantitative estimate of drug-likeness (QED) is 0.673. The minimum absolute atomic E-state index is 0.590. The number of ether oxygens (including phenoxy) is 3. The lowest BCUT2D eigenvalue weighted by Crippen LogP contribution is -2.03. The second-order valence-electron chi connectivity index (χ2n) is 5.56. The topological polar surface area (TPSA) is 69.3 Å². The van der Waals surface area contributed by atoms with E-state index in [9.17, 15) is 0 Å². The molecule has 0 unspecified atom stereocenters. The van der Waals surface area contributed by atoms with E-state index in [0.717, 1.165) is 44.5 Å². The van der Waals surface area contributed by atoms with Gasteiger partial charge in [-0.1, -0.05) is 11.8 Å². The number of methoxy groups -OCH3 is 3. The highest BCUT2D eigenvalue weighted by Crippen LogP contribution is 2.34. The average Bonchev–Trinajstić information content (AvgIpc) is 3.03. The Morgan fingerprint density at radius 3 is 2.48 bits per heavy atom. The van der Waals surface area contributed by atoms with Crippen LogP contribution in [0.4, 0.5) is 0 Å². The molecule has 0 atom stereocenters. The Morgan fingerprint density at radius 1 is 1.00 bits per heavy atom. The van der Waals surface area contributed by atoms with Crippen molar-refractivity contribution in [2.24, 2.45) is 0 Å². The van der Waals surface area contributed by atoms with Crippen LogP contribution in [0.15, 0.2) is 23.4 Å². The molecule has 0 amide bonds. The first-order valence-electron chi connectivity index (χ1n) is 7.82. The fraction of sp³-hybridized carbons (Fsp3) is 0.333. The molecule has 0 fully saturated rings. The summed E-state index contributed by atoms with van der Waals surface area (Å²) in [6, 6.07) is 5.78. The molecule has 0 radical (unpaired) electrons. The van der Waals surface area contributed by atoms with Gasteiger partial charge in [-0.15, -0.1) is 0 Å². The molecule has 7 heteroatoms. The van der Waals surface area contributed by atoms with Crippen LogP contribution >= 0.6 is 11.8 Å². The molecule has 2 heterocycles. The highest BCUT2D eigenvalue weighted by Gasteiger charge is 2.16. The van der Waals surface area contributed by atoms with E-state index in [2.05, 4.69) is 15.0 Å². The monoisotopic (exact) mass is 359 g/mol. The van der Waals surface area contributed by atoms with Crippen molar-refractivity contribution < 1.29 is 14.2 Å². The molecule has 0 spiro atoms. The van der Waals surface area contributed by atoms with Crippen molar-refractivity contribution >= 4 is 22.8 Å². The molecule has 3 rings (SSSR count). The van der Waals surface area contributed by atoms with Crippen molar-refractivity contribution in [3.8, 4) is 17.4 Å². The van der Waals surface area contributed by atoms with Crippen LogP contribution in [0.5, 0.6) is 17.4 Å². The number of thioether (sulfide) groups is 1. The van der Waals surface area contributed by atoms with Gasteiger partial charge in [0.1, 0.15) is 11.5 Å². The Morgan fingerprint density at radius 2 is 1.80 bits per heavy atom. The van der Waals surface area contributed by atoms with E-state index in [0.29, 0.717) is 11.6 Å². The number of rotatable bonds is 6. The number of hydrogen-bond acceptors (Lipinski definition) is 6. The number of fused-ring (bicyclic) bond motifs is 1. The molecule has 0 saturated carbocycles. The van der Waals surface area contributed by atoms with Gasteiger partial charge in [0.2, 0.25) is 5.88 Å². The van der Waals surface area contributed by atoms with Gasteiger partial charge in [0.25, 0.3) is 0 Å². The molecule has 0 saturated heterocycles. The normalized spacial score (nSPS) is 10.9. The summed E-state index contributed by atoms with van der Waals surface area (Å²) in [5, 5.41) is 0.836. The van der Waals surface area contributed by atoms with Crippen molar-refractivity contribution in [2.75, 3.05) is 21.3 Å². The number of aromatic amines is 1. The van der Waals surface area contributed by atoms with Gasteiger partial charge >= 0.3 is 0 Å². The van der Waals surface area contributed by atoms with E-state index < -0.39 is 0 Å². The van der Waals surface area contributed by atoms with E-state index in [-0.39, 0.29) is 0 Å². The van der Waals surface area contributed by atoms with Gasteiger partial charge < -0.3 is 19.2 Å². The fourth-order valence-corrected chi connectivity index (χ4v) is 3.64. The summed E-state index contributed by atoms with van der Waals surface area (Å²) in [5.74, 6) is 2.87. The summed E-state index contributed by atoms with van der Waals surface area (Å²) in [5.41, 5.74) is 4.71. The minimum atomic E-state index is 0.590. The van der Waals surface area contributed by atoms with Crippen LogP contribution in [0.1, 0.15) is 16.8 Å². The SMILES string of the molecule is COc1ccc2nc(SCc3nc(OC)c(C)c(OC)c3C)[nH]c2c1. The Bertz CT molecular complexity index is 908. The smallest absolute Gasteiger partial charge is 0.220 e. The Balaban J connectivity index is 1.86. The highest BCUT2D eigenvalue weighted by molar-refractivity contribution is 7.98. The molecule has 2 aromatic heterocycles. The van der Waals surface area contributed by atoms with Crippen LogP contribution in [-0.4, -0.2) is 36.3 Å². The van der Waals surface area contributed by atoms with Gasteiger partial charge in [-0.3, -0.25) is 0 Å². The van der Waals surface area contributed by atoms with Crippen molar-refractivity contribution in [1.29, 1.82) is 0 Å². The van der Waals surface area contributed by atoms with Crippen LogP contribution < -0.4 is 14.2 Å². The Hall–Kier alpha value is -2.41. The Kier molecular flexibility index (Phi) is 5.03. The summed E-state index contributed by atoms with van der Waals surface area (Å²) in [7, 11) is 4.94. The molecule has 0 bridgehead atoms. The molecule has 25 heavy (non-hydrogen) atoms. The summed E-state index contributed by atoms with van der Waals surface area (Å²) in [4.78, 5) is 12.5. The number of nitrogens with one attached hydrogen (secondary N) is 1. The molecule has 0 aliphatic heterocycles. The number of imidazole rings is 1. The molecule has 6 nitrogen and oxygen atoms in total. The highest BCUT2D eigenvalue weighted by atomic mass is 32.2. The van der Waals surface area contributed by atoms with Crippen LogP contribution in [0.3, 0.4) is 0 Å². The van der Waals surface area contributed by atoms with Crippen molar-refractivity contribution in [3.05, 3.63) is 35.0 Å². The second kappa shape index (κ2) is 7.23. The average molecular weight is 359 g/mol. The summed E-state index contributed by atoms with van der Waals surface area (Å²) in [6.45, 7) is 3.96. The van der Waals surface area contributed by atoms with E-state index in [1.165, 1.54) is 0 Å². The first-order valence-corrected chi connectivity index (χ1v) is 8.80. The van der Waals surface area contributed by atoms with Crippen LogP contribution in [0.2, 0.25) is 0 Å².